The van der Waals surface area contributed by atoms with E-state index in [0.717, 1.165) is 55.9 Å². The number of hydrogen-bond donors (Lipinski definition) is 0. The highest BCUT2D eigenvalue weighted by Gasteiger charge is 2.19. The number of nitrogens with zero attached hydrogens (tertiary/aromatic N) is 2. The number of fused-ring (bicyclic) bond motifs is 3. The molecule has 0 bridgehead atoms. The Kier molecular flexibility index (Phi) is 7.31. The van der Waals surface area contributed by atoms with Crippen molar-refractivity contribution in [3.05, 3.63) is 206 Å². The molecule has 282 valence electrons. The molecule has 0 spiro atoms. The quantitative estimate of drug-likeness (QED) is 0.164. The maximum Gasteiger partial charge on any atom is 0.160 e. The van der Waals surface area contributed by atoms with Crippen molar-refractivity contribution in [3.8, 4) is 56.4 Å². The van der Waals surface area contributed by atoms with Gasteiger partial charge in [-0.3, -0.25) is 0 Å². The van der Waals surface area contributed by atoms with Crippen LogP contribution in [-0.2, 0) is 0 Å². The Labute approximate surface area is 351 Å². The van der Waals surface area contributed by atoms with E-state index in [1.54, 1.807) is 0 Å². The van der Waals surface area contributed by atoms with Gasteiger partial charge in [0.15, 0.2) is 5.82 Å². The van der Waals surface area contributed by atoms with Gasteiger partial charge in [-0.25, -0.2) is 9.97 Å². The van der Waals surface area contributed by atoms with Crippen molar-refractivity contribution in [1.82, 2.24) is 9.97 Å². The van der Waals surface area contributed by atoms with Gasteiger partial charge in [0.1, 0.15) is 11.3 Å². The van der Waals surface area contributed by atoms with E-state index in [-0.39, 0.29) is 0 Å². The molecule has 61 heavy (non-hydrogen) atoms. The van der Waals surface area contributed by atoms with Crippen LogP contribution in [0.5, 0.6) is 0 Å². The summed E-state index contributed by atoms with van der Waals surface area (Å²) < 4.78 is 6.38. The maximum atomic E-state index is 6.38. The molecule has 3 heteroatoms. The van der Waals surface area contributed by atoms with Gasteiger partial charge in [-0.2, -0.15) is 0 Å². The Balaban J connectivity index is 0.995. The smallest absolute Gasteiger partial charge is 0.160 e. The Bertz CT molecular complexity index is 3830. The molecule has 2 heterocycles. The van der Waals surface area contributed by atoms with Crippen LogP contribution in [0.1, 0.15) is 0 Å². The molecule has 11 aromatic carbocycles. The Morgan fingerprint density at radius 3 is 1.52 bits per heavy atom. The molecule has 0 N–H and O–H groups in total. The summed E-state index contributed by atoms with van der Waals surface area (Å²) in [4.78, 5) is 10.4. The molecular weight excluding hydrogens is 741 g/mol. The number of aromatic nitrogens is 2. The molecule has 0 saturated carbocycles. The predicted molar refractivity (Wildman–Crippen MR) is 255 cm³/mol. The minimum Gasteiger partial charge on any atom is -0.456 e. The summed E-state index contributed by atoms with van der Waals surface area (Å²) in [6, 6.07) is 74.0. The van der Waals surface area contributed by atoms with E-state index < -0.39 is 0 Å². The lowest BCUT2D eigenvalue weighted by molar-refractivity contribution is 0.632. The molecule has 13 rings (SSSR count). The zero-order valence-electron chi connectivity index (χ0n) is 32.9. The lowest BCUT2D eigenvalue weighted by Crippen LogP contribution is -1.97. The second kappa shape index (κ2) is 13.2. The van der Waals surface area contributed by atoms with Crippen LogP contribution in [0, 0.1) is 0 Å². The first-order chi connectivity index (χ1) is 30.2. The third-order valence-electron chi connectivity index (χ3n) is 12.6. The standard InChI is InChI=1S/C58H34N2O/c1-2-11-40(12-3-1)58-59-50(34-51(60-58)44-17-5-6-18-45(44)53-33-41-13-4-7-22-52(41)61-53)36-25-23-35(24-26-36)43-31-42-30-29-39-15-9-20-47-46-19-8-14-37-27-28-38-16-10-21-48(56(38)54(37)46)49(32-43)57(42)55(39)47/h1-34H. The van der Waals surface area contributed by atoms with E-state index in [1.807, 2.05) is 36.4 Å². The Hall–Kier alpha value is -8.14. The van der Waals surface area contributed by atoms with E-state index >= 15 is 0 Å². The van der Waals surface area contributed by atoms with Gasteiger partial charge in [0, 0.05) is 27.6 Å². The monoisotopic (exact) mass is 774 g/mol. The molecule has 2 aromatic heterocycles. The summed E-state index contributed by atoms with van der Waals surface area (Å²) in [5.74, 6) is 1.49. The van der Waals surface area contributed by atoms with Crippen LogP contribution in [0.2, 0.25) is 0 Å². The molecule has 3 nitrogen and oxygen atoms in total. The number of hydrogen-bond acceptors (Lipinski definition) is 3. The minimum atomic E-state index is 0.676. The molecule has 13 aromatic rings. The van der Waals surface area contributed by atoms with Gasteiger partial charge in [-0.15, -0.1) is 0 Å². The van der Waals surface area contributed by atoms with Gasteiger partial charge in [0.2, 0.25) is 0 Å². The lowest BCUT2D eigenvalue weighted by atomic mass is 9.86. The van der Waals surface area contributed by atoms with Crippen LogP contribution in [-0.4, -0.2) is 9.97 Å². The van der Waals surface area contributed by atoms with Gasteiger partial charge < -0.3 is 4.42 Å². The third kappa shape index (κ3) is 5.31. The maximum absolute atomic E-state index is 6.38. The second-order valence-electron chi connectivity index (χ2n) is 16.1. The first-order valence-corrected chi connectivity index (χ1v) is 20.8. The zero-order chi connectivity index (χ0) is 40.0. The molecule has 0 amide bonds. The van der Waals surface area contributed by atoms with Gasteiger partial charge in [0.05, 0.1) is 11.4 Å². The highest BCUT2D eigenvalue weighted by atomic mass is 16.3. The van der Waals surface area contributed by atoms with Gasteiger partial charge in [-0.05, 0) is 106 Å². The van der Waals surface area contributed by atoms with E-state index in [2.05, 4.69) is 170 Å². The highest BCUT2D eigenvalue weighted by molar-refractivity contribution is 6.37. The largest absolute Gasteiger partial charge is 0.456 e. The third-order valence-corrected chi connectivity index (χ3v) is 12.6. The lowest BCUT2D eigenvalue weighted by Gasteiger charge is -2.17. The number of para-hydroxylation sites is 1. The Morgan fingerprint density at radius 2 is 0.836 bits per heavy atom. The molecule has 0 fully saturated rings. The second-order valence-corrected chi connectivity index (χ2v) is 16.1. The molecule has 0 aliphatic heterocycles. The van der Waals surface area contributed by atoms with Crippen molar-refractivity contribution in [1.29, 1.82) is 0 Å². The van der Waals surface area contributed by atoms with Gasteiger partial charge in [0.25, 0.3) is 0 Å². The predicted octanol–water partition coefficient (Wildman–Crippen LogP) is 15.9. The summed E-state index contributed by atoms with van der Waals surface area (Å²) in [6.07, 6.45) is 0. The van der Waals surface area contributed by atoms with E-state index in [0.29, 0.717) is 5.82 Å². The van der Waals surface area contributed by atoms with Crippen LogP contribution in [0.4, 0.5) is 0 Å². The zero-order valence-corrected chi connectivity index (χ0v) is 32.9. The molecule has 0 aliphatic carbocycles. The van der Waals surface area contributed by atoms with Crippen LogP contribution >= 0.6 is 0 Å². The summed E-state index contributed by atoms with van der Waals surface area (Å²) in [5, 5.41) is 16.4. The topological polar surface area (TPSA) is 38.9 Å². The normalized spacial score (nSPS) is 11.9. The van der Waals surface area contributed by atoms with E-state index in [9.17, 15) is 0 Å². The van der Waals surface area contributed by atoms with Gasteiger partial charge in [-0.1, -0.05) is 176 Å². The van der Waals surface area contributed by atoms with E-state index in [1.165, 1.54) is 70.2 Å². The van der Waals surface area contributed by atoms with Crippen LogP contribution in [0.3, 0.4) is 0 Å². The fraction of sp³-hybridized carbons (Fsp3) is 0. The highest BCUT2D eigenvalue weighted by Crippen LogP contribution is 2.45. The van der Waals surface area contributed by atoms with Crippen LogP contribution < -0.4 is 0 Å². The molecule has 0 radical (unpaired) electrons. The van der Waals surface area contributed by atoms with Crippen molar-refractivity contribution in [2.24, 2.45) is 0 Å². The van der Waals surface area contributed by atoms with Crippen molar-refractivity contribution in [2.45, 2.75) is 0 Å². The number of furan rings is 1. The summed E-state index contributed by atoms with van der Waals surface area (Å²) >= 11 is 0. The van der Waals surface area contributed by atoms with Crippen LogP contribution in [0.15, 0.2) is 211 Å². The minimum absolute atomic E-state index is 0.676. The molecule has 0 atom stereocenters. The number of benzene rings is 10. The molecular formula is C58H34N2O. The summed E-state index contributed by atoms with van der Waals surface area (Å²) in [7, 11) is 0. The Morgan fingerprint density at radius 1 is 0.295 bits per heavy atom. The summed E-state index contributed by atoms with van der Waals surface area (Å²) in [5.41, 5.74) is 8.83. The van der Waals surface area contributed by atoms with Crippen LogP contribution in [0.25, 0.3) is 132 Å². The van der Waals surface area contributed by atoms with Gasteiger partial charge >= 0.3 is 0 Å². The van der Waals surface area contributed by atoms with Crippen molar-refractivity contribution >= 4 is 75.6 Å². The first-order valence-electron chi connectivity index (χ1n) is 20.8. The average Bonchev–Trinajstić information content (AvgIpc) is 3.77. The molecule has 0 aliphatic rings. The van der Waals surface area contributed by atoms with E-state index in [4.69, 9.17) is 14.4 Å². The molecule has 0 saturated heterocycles. The number of rotatable bonds is 5. The SMILES string of the molecule is c1ccc(-c2nc(-c3ccc(-c4cc5ccc6cccc7c8cccc9ccc%10cccc(c(c4)c5c67)c%10c98)cc3)cc(-c3ccccc3-c3cc4ccccc4o3)n2)cc1. The van der Waals surface area contributed by atoms with Crippen molar-refractivity contribution < 1.29 is 4.42 Å². The van der Waals surface area contributed by atoms with Crippen molar-refractivity contribution in [2.75, 3.05) is 0 Å². The summed E-state index contributed by atoms with van der Waals surface area (Å²) in [6.45, 7) is 0. The fourth-order valence-corrected chi connectivity index (χ4v) is 9.77. The fourth-order valence-electron chi connectivity index (χ4n) is 9.77. The average molecular weight is 775 g/mol. The first kappa shape index (κ1) is 33.8. The molecule has 0 unspecified atom stereocenters. The van der Waals surface area contributed by atoms with Crippen molar-refractivity contribution in [3.63, 3.8) is 0 Å².